The summed E-state index contributed by atoms with van der Waals surface area (Å²) in [5.74, 6) is 0.779. The molecule has 0 saturated carbocycles. The number of carbonyl (C=O) groups excluding carboxylic acids is 1. The number of hydrogen-bond donors (Lipinski definition) is 0. The number of aryl methyl sites for hydroxylation is 2. The molecule has 0 atom stereocenters. The summed E-state index contributed by atoms with van der Waals surface area (Å²) in [7, 11) is 1.80. The fourth-order valence-corrected chi connectivity index (χ4v) is 5.31. The van der Waals surface area contributed by atoms with E-state index in [-0.39, 0.29) is 17.4 Å². The van der Waals surface area contributed by atoms with Crippen LogP contribution in [0.3, 0.4) is 0 Å². The molecule has 0 bridgehead atoms. The first kappa shape index (κ1) is 22.4. The van der Waals surface area contributed by atoms with E-state index in [1.54, 1.807) is 11.6 Å². The Morgan fingerprint density at radius 1 is 0.882 bits per heavy atom. The summed E-state index contributed by atoms with van der Waals surface area (Å²) in [6.07, 6.45) is 1.52. The molecular weight excluding hydrogens is 426 g/mol. The summed E-state index contributed by atoms with van der Waals surface area (Å²) in [6, 6.07) is 14.1. The zero-order chi connectivity index (χ0) is 23.8. The van der Waals surface area contributed by atoms with Crippen molar-refractivity contribution in [2.24, 2.45) is 13.0 Å². The van der Waals surface area contributed by atoms with Crippen molar-refractivity contribution in [3.05, 3.63) is 63.9 Å². The largest absolute Gasteiger partial charge is 0.368 e. The molecule has 0 aliphatic carbocycles. The van der Waals surface area contributed by atoms with E-state index in [9.17, 15) is 9.59 Å². The minimum absolute atomic E-state index is 0.0211. The second-order valence-electron chi connectivity index (χ2n) is 9.58. The third kappa shape index (κ3) is 4.04. The van der Waals surface area contributed by atoms with Crippen molar-refractivity contribution in [3.63, 3.8) is 0 Å². The maximum atomic E-state index is 13.3. The fraction of sp³-hybridized carbons (Fsp3) is 0.444. The molecule has 2 aliphatic rings. The van der Waals surface area contributed by atoms with Gasteiger partial charge >= 0.3 is 0 Å². The summed E-state index contributed by atoms with van der Waals surface area (Å²) >= 11 is 0. The van der Waals surface area contributed by atoms with Crippen LogP contribution in [0.25, 0.3) is 11.0 Å². The van der Waals surface area contributed by atoms with Crippen LogP contribution >= 0.6 is 0 Å². The standard InChI is InChI=1S/C27H33N5O2/c1-19-7-6-10-23(20(19)2)30-15-17-32(18-16-30)26(33)21-11-13-31(14-12-21)25-27(34)29(3)24-9-5-4-8-22(24)28-25/h4-10,21H,11-18H2,1-3H3. The molecule has 2 fully saturated rings. The lowest BCUT2D eigenvalue weighted by molar-refractivity contribution is -0.136. The molecule has 0 N–H and O–H groups in total. The van der Waals surface area contributed by atoms with Gasteiger partial charge in [-0.3, -0.25) is 9.59 Å². The lowest BCUT2D eigenvalue weighted by Crippen LogP contribution is -2.52. The Morgan fingerprint density at radius 2 is 1.59 bits per heavy atom. The van der Waals surface area contributed by atoms with E-state index >= 15 is 0 Å². The number of amides is 1. The van der Waals surface area contributed by atoms with Crippen molar-refractivity contribution >= 4 is 28.4 Å². The summed E-state index contributed by atoms with van der Waals surface area (Å²) < 4.78 is 1.67. The average Bonchev–Trinajstić information content (AvgIpc) is 2.88. The van der Waals surface area contributed by atoms with Gasteiger partial charge in [0.15, 0.2) is 5.82 Å². The topological polar surface area (TPSA) is 61.7 Å². The Morgan fingerprint density at radius 3 is 2.32 bits per heavy atom. The van der Waals surface area contributed by atoms with Crippen LogP contribution in [0.4, 0.5) is 11.5 Å². The fourth-order valence-electron chi connectivity index (χ4n) is 5.31. The Bertz CT molecular complexity index is 1270. The van der Waals surface area contributed by atoms with Crippen molar-refractivity contribution in [2.45, 2.75) is 26.7 Å². The number of carbonyl (C=O) groups is 1. The first-order valence-corrected chi connectivity index (χ1v) is 12.2. The number of anilines is 2. The molecule has 3 heterocycles. The number of para-hydroxylation sites is 2. The Labute approximate surface area is 200 Å². The third-order valence-electron chi connectivity index (χ3n) is 7.62. The van der Waals surface area contributed by atoms with Gasteiger partial charge in [-0.25, -0.2) is 4.98 Å². The highest BCUT2D eigenvalue weighted by molar-refractivity contribution is 5.80. The van der Waals surface area contributed by atoms with Gasteiger partial charge < -0.3 is 19.3 Å². The predicted octanol–water partition coefficient (Wildman–Crippen LogP) is 3.12. The molecule has 2 saturated heterocycles. The normalized spacial score (nSPS) is 17.4. The van der Waals surface area contributed by atoms with Crippen LogP contribution in [0.15, 0.2) is 47.3 Å². The zero-order valence-electron chi connectivity index (χ0n) is 20.3. The molecule has 0 unspecified atom stereocenters. The van der Waals surface area contributed by atoms with E-state index in [2.05, 4.69) is 46.8 Å². The Hall–Kier alpha value is -3.35. The zero-order valence-corrected chi connectivity index (χ0v) is 20.3. The minimum Gasteiger partial charge on any atom is -0.368 e. The van der Waals surface area contributed by atoms with Gasteiger partial charge in [-0.2, -0.15) is 0 Å². The molecule has 1 aromatic heterocycles. The monoisotopic (exact) mass is 459 g/mol. The molecule has 178 valence electrons. The van der Waals surface area contributed by atoms with E-state index in [0.29, 0.717) is 18.9 Å². The first-order valence-electron chi connectivity index (χ1n) is 12.2. The number of benzene rings is 2. The molecule has 7 nitrogen and oxygen atoms in total. The molecule has 3 aromatic rings. The van der Waals surface area contributed by atoms with Gasteiger partial charge in [0.25, 0.3) is 5.56 Å². The first-order chi connectivity index (χ1) is 16.4. The molecular formula is C27H33N5O2. The summed E-state index contributed by atoms with van der Waals surface area (Å²) in [6.45, 7) is 8.94. The predicted molar refractivity (Wildman–Crippen MR) is 137 cm³/mol. The van der Waals surface area contributed by atoms with Gasteiger partial charge in [0, 0.05) is 57.9 Å². The van der Waals surface area contributed by atoms with Crippen LogP contribution in [-0.4, -0.2) is 59.6 Å². The van der Waals surface area contributed by atoms with Crippen LogP contribution in [0, 0.1) is 19.8 Å². The van der Waals surface area contributed by atoms with Gasteiger partial charge in [-0.1, -0.05) is 24.3 Å². The maximum Gasteiger partial charge on any atom is 0.293 e. The van der Waals surface area contributed by atoms with Gasteiger partial charge in [0.05, 0.1) is 11.0 Å². The van der Waals surface area contributed by atoms with E-state index in [1.165, 1.54) is 16.8 Å². The van der Waals surface area contributed by atoms with Crippen LogP contribution < -0.4 is 15.4 Å². The van der Waals surface area contributed by atoms with Gasteiger partial charge in [-0.05, 0) is 56.0 Å². The van der Waals surface area contributed by atoms with Crippen molar-refractivity contribution in [1.29, 1.82) is 0 Å². The van der Waals surface area contributed by atoms with Gasteiger partial charge in [0.1, 0.15) is 0 Å². The second kappa shape index (κ2) is 9.12. The van der Waals surface area contributed by atoms with Crippen molar-refractivity contribution in [1.82, 2.24) is 14.5 Å². The molecule has 2 aliphatic heterocycles. The van der Waals surface area contributed by atoms with Crippen LogP contribution in [0.1, 0.15) is 24.0 Å². The molecule has 0 spiro atoms. The Balaban J connectivity index is 1.21. The summed E-state index contributed by atoms with van der Waals surface area (Å²) in [5.41, 5.74) is 5.48. The number of hydrogen-bond acceptors (Lipinski definition) is 5. The van der Waals surface area contributed by atoms with Crippen molar-refractivity contribution in [2.75, 3.05) is 49.1 Å². The number of piperazine rings is 1. The number of aromatic nitrogens is 2. The maximum absolute atomic E-state index is 13.3. The molecule has 1 amide bonds. The molecule has 2 aromatic carbocycles. The lowest BCUT2D eigenvalue weighted by Gasteiger charge is -2.40. The molecule has 34 heavy (non-hydrogen) atoms. The van der Waals surface area contributed by atoms with E-state index in [4.69, 9.17) is 0 Å². The number of nitrogens with zero attached hydrogens (tertiary/aromatic N) is 5. The molecule has 5 rings (SSSR count). The number of rotatable bonds is 3. The van der Waals surface area contributed by atoms with Gasteiger partial charge in [0.2, 0.25) is 5.91 Å². The summed E-state index contributed by atoms with van der Waals surface area (Å²) in [4.78, 5) is 37.3. The van der Waals surface area contributed by atoms with Crippen LogP contribution in [0.5, 0.6) is 0 Å². The van der Waals surface area contributed by atoms with Crippen molar-refractivity contribution in [3.8, 4) is 0 Å². The van der Waals surface area contributed by atoms with Crippen LogP contribution in [0.2, 0.25) is 0 Å². The van der Waals surface area contributed by atoms with E-state index in [1.807, 2.05) is 29.2 Å². The van der Waals surface area contributed by atoms with E-state index < -0.39 is 0 Å². The van der Waals surface area contributed by atoms with Crippen molar-refractivity contribution < 1.29 is 4.79 Å². The SMILES string of the molecule is Cc1cccc(N2CCN(C(=O)C3CCN(c4nc5ccccc5n(C)c4=O)CC3)CC2)c1C. The molecule has 7 heteroatoms. The van der Waals surface area contributed by atoms with E-state index in [0.717, 1.165) is 50.1 Å². The van der Waals surface area contributed by atoms with Gasteiger partial charge in [-0.15, -0.1) is 0 Å². The quantitative estimate of drug-likeness (QED) is 0.602. The lowest BCUT2D eigenvalue weighted by atomic mass is 9.95. The third-order valence-corrected chi connectivity index (χ3v) is 7.62. The average molecular weight is 460 g/mol. The second-order valence-corrected chi connectivity index (χ2v) is 9.58. The highest BCUT2D eigenvalue weighted by Crippen LogP contribution is 2.26. The minimum atomic E-state index is -0.0777. The highest BCUT2D eigenvalue weighted by Gasteiger charge is 2.32. The molecule has 0 radical (unpaired) electrons. The summed E-state index contributed by atoms with van der Waals surface area (Å²) in [5, 5.41) is 0. The van der Waals surface area contributed by atoms with Crippen LogP contribution in [-0.2, 0) is 11.8 Å². The Kier molecular flexibility index (Phi) is 6.02. The number of piperidine rings is 1. The highest BCUT2D eigenvalue weighted by atomic mass is 16.2. The smallest absolute Gasteiger partial charge is 0.293 e. The number of fused-ring (bicyclic) bond motifs is 1.